The van der Waals surface area contributed by atoms with Gasteiger partial charge in [-0.25, -0.2) is 0 Å². The molecule has 0 aliphatic carbocycles. The summed E-state index contributed by atoms with van der Waals surface area (Å²) < 4.78 is 2.59. The Morgan fingerprint density at radius 2 is 0.896 bits per heavy atom. The molecule has 0 radical (unpaired) electrons. The molecule has 0 aliphatic rings. The van der Waals surface area contributed by atoms with Crippen LogP contribution in [0.5, 0.6) is 0 Å². The quantitative estimate of drug-likeness (QED) is 0.177. The van der Waals surface area contributed by atoms with E-state index < -0.39 is 0 Å². The Labute approximate surface area is 284 Å². The van der Waals surface area contributed by atoms with Gasteiger partial charge in [0.25, 0.3) is 0 Å². The maximum atomic E-state index is 2.44. The van der Waals surface area contributed by atoms with E-state index in [0.29, 0.717) is 0 Å². The largest absolute Gasteiger partial charge is 0.310 e. The lowest BCUT2D eigenvalue weighted by Gasteiger charge is -2.29. The Hall–Kier alpha value is -5.96. The average molecular weight is 630 g/mol. The number of nitrogens with zero attached hydrogens (tertiary/aromatic N) is 1. The minimum atomic E-state index is 1.12. The van der Waals surface area contributed by atoms with E-state index in [-0.39, 0.29) is 0 Å². The van der Waals surface area contributed by atoms with Crippen LogP contribution in [0.3, 0.4) is 0 Å². The molecule has 8 aromatic carbocycles. The normalized spacial score (nSPS) is 11.3. The van der Waals surface area contributed by atoms with Gasteiger partial charge < -0.3 is 4.90 Å². The number of anilines is 3. The molecule has 0 amide bonds. The maximum Gasteiger partial charge on any atom is 0.0547 e. The molecule has 9 rings (SSSR count). The van der Waals surface area contributed by atoms with Crippen LogP contribution >= 0.6 is 11.3 Å². The number of hydrogen-bond donors (Lipinski definition) is 0. The molecule has 0 saturated heterocycles. The molecule has 2 heteroatoms. The van der Waals surface area contributed by atoms with Gasteiger partial charge in [-0.1, -0.05) is 146 Å². The van der Waals surface area contributed by atoms with E-state index in [2.05, 4.69) is 193 Å². The fraction of sp³-hybridized carbons (Fsp3) is 0. The van der Waals surface area contributed by atoms with Crippen molar-refractivity contribution in [3.63, 3.8) is 0 Å². The van der Waals surface area contributed by atoms with E-state index in [9.17, 15) is 0 Å². The summed E-state index contributed by atoms with van der Waals surface area (Å²) in [4.78, 5) is 2.44. The van der Waals surface area contributed by atoms with Crippen molar-refractivity contribution in [3.8, 4) is 33.4 Å². The molecule has 1 aromatic heterocycles. The molecule has 0 bridgehead atoms. The van der Waals surface area contributed by atoms with Crippen molar-refractivity contribution in [1.29, 1.82) is 0 Å². The number of hydrogen-bond acceptors (Lipinski definition) is 2. The first-order valence-electron chi connectivity index (χ1n) is 16.3. The molecule has 0 unspecified atom stereocenters. The monoisotopic (exact) mass is 629 g/mol. The van der Waals surface area contributed by atoms with Crippen molar-refractivity contribution < 1.29 is 0 Å². The highest BCUT2D eigenvalue weighted by atomic mass is 32.1. The molecular weight excluding hydrogens is 599 g/mol. The molecule has 0 fully saturated rings. The molecule has 0 saturated carbocycles. The minimum Gasteiger partial charge on any atom is -0.310 e. The van der Waals surface area contributed by atoms with Crippen molar-refractivity contribution in [2.24, 2.45) is 0 Å². The average Bonchev–Trinajstić information content (AvgIpc) is 3.55. The molecule has 0 aliphatic heterocycles. The van der Waals surface area contributed by atoms with Crippen LogP contribution in [0.4, 0.5) is 17.1 Å². The van der Waals surface area contributed by atoms with Crippen molar-refractivity contribution in [2.75, 3.05) is 4.90 Å². The summed E-state index contributed by atoms with van der Waals surface area (Å²) >= 11 is 1.87. The van der Waals surface area contributed by atoms with Gasteiger partial charge in [0.1, 0.15) is 0 Å². The van der Waals surface area contributed by atoms with Crippen LogP contribution in [0.15, 0.2) is 188 Å². The van der Waals surface area contributed by atoms with Crippen LogP contribution in [-0.4, -0.2) is 0 Å². The zero-order chi connectivity index (χ0) is 31.9. The molecular formula is C46H31NS. The van der Waals surface area contributed by atoms with Crippen LogP contribution < -0.4 is 4.90 Å². The van der Waals surface area contributed by atoms with Gasteiger partial charge >= 0.3 is 0 Å². The standard InChI is InChI=1S/C46H31NS/c1-3-11-32(12-4-1)35-19-21-37(22-20-35)45-42(29-30-44-46(45)41-17-9-10-18-43(41)48-44)47(40-28-25-34-15-7-8-16-38(34)31-40)39-26-23-36(24-27-39)33-13-5-2-6-14-33/h1-31H. The highest BCUT2D eigenvalue weighted by molar-refractivity contribution is 7.26. The van der Waals surface area contributed by atoms with E-state index in [4.69, 9.17) is 0 Å². The highest BCUT2D eigenvalue weighted by Gasteiger charge is 2.22. The van der Waals surface area contributed by atoms with Gasteiger partial charge in [-0.2, -0.15) is 0 Å². The lowest BCUT2D eigenvalue weighted by atomic mass is 9.94. The summed E-state index contributed by atoms with van der Waals surface area (Å²) in [6.07, 6.45) is 0. The fourth-order valence-electron chi connectivity index (χ4n) is 6.92. The van der Waals surface area contributed by atoms with Gasteiger partial charge in [-0.05, 0) is 81.1 Å². The molecule has 48 heavy (non-hydrogen) atoms. The molecule has 1 heterocycles. The maximum absolute atomic E-state index is 2.44. The Kier molecular flexibility index (Phi) is 7.07. The van der Waals surface area contributed by atoms with Crippen molar-refractivity contribution >= 4 is 59.3 Å². The number of thiophene rings is 1. The van der Waals surface area contributed by atoms with Crippen LogP contribution in [0.25, 0.3) is 64.3 Å². The topological polar surface area (TPSA) is 3.24 Å². The van der Waals surface area contributed by atoms with E-state index >= 15 is 0 Å². The third-order valence-corrected chi connectivity index (χ3v) is 10.4. The SMILES string of the molecule is c1ccc(-c2ccc(-c3c(N(c4ccc(-c5ccccc5)cc4)c4ccc5ccccc5c4)ccc4sc5ccccc5c34)cc2)cc1. The van der Waals surface area contributed by atoms with Gasteiger partial charge in [0, 0.05) is 37.1 Å². The summed E-state index contributed by atoms with van der Waals surface area (Å²) in [5, 5.41) is 5.04. The predicted molar refractivity (Wildman–Crippen MR) is 208 cm³/mol. The van der Waals surface area contributed by atoms with E-state index in [0.717, 1.165) is 17.1 Å². The van der Waals surface area contributed by atoms with Crippen LogP contribution in [-0.2, 0) is 0 Å². The van der Waals surface area contributed by atoms with Crippen molar-refractivity contribution in [1.82, 2.24) is 0 Å². The van der Waals surface area contributed by atoms with E-state index in [1.807, 2.05) is 11.3 Å². The van der Waals surface area contributed by atoms with Crippen molar-refractivity contribution in [3.05, 3.63) is 188 Å². The Balaban J connectivity index is 1.30. The molecule has 0 N–H and O–H groups in total. The molecule has 1 nitrogen and oxygen atoms in total. The second kappa shape index (κ2) is 12.0. The summed E-state index contributed by atoms with van der Waals surface area (Å²) in [7, 11) is 0. The first-order chi connectivity index (χ1) is 23.8. The summed E-state index contributed by atoms with van der Waals surface area (Å²) in [5.74, 6) is 0. The smallest absolute Gasteiger partial charge is 0.0547 e. The molecule has 9 aromatic rings. The number of rotatable bonds is 6. The zero-order valence-electron chi connectivity index (χ0n) is 26.3. The third-order valence-electron chi connectivity index (χ3n) is 9.27. The van der Waals surface area contributed by atoms with Gasteiger partial charge in [0.15, 0.2) is 0 Å². The molecule has 0 spiro atoms. The van der Waals surface area contributed by atoms with Gasteiger partial charge in [0.05, 0.1) is 5.69 Å². The number of benzene rings is 8. The van der Waals surface area contributed by atoms with Crippen LogP contribution in [0, 0.1) is 0 Å². The summed E-state index contributed by atoms with van der Waals surface area (Å²) in [6.45, 7) is 0. The Morgan fingerprint density at radius 3 is 1.60 bits per heavy atom. The van der Waals surface area contributed by atoms with Crippen LogP contribution in [0.1, 0.15) is 0 Å². The van der Waals surface area contributed by atoms with Gasteiger partial charge in [-0.3, -0.25) is 0 Å². The summed E-state index contributed by atoms with van der Waals surface area (Å²) in [5.41, 5.74) is 10.7. The third kappa shape index (κ3) is 5.04. The Bertz CT molecular complexity index is 2530. The van der Waals surface area contributed by atoms with Gasteiger partial charge in [0.2, 0.25) is 0 Å². The van der Waals surface area contributed by atoms with E-state index in [1.165, 1.54) is 64.3 Å². The zero-order valence-corrected chi connectivity index (χ0v) is 27.1. The highest BCUT2D eigenvalue weighted by Crippen LogP contribution is 2.49. The fourth-order valence-corrected chi connectivity index (χ4v) is 8.03. The van der Waals surface area contributed by atoms with E-state index in [1.54, 1.807) is 0 Å². The minimum absolute atomic E-state index is 1.12. The lowest BCUT2D eigenvalue weighted by molar-refractivity contribution is 1.29. The second-order valence-electron chi connectivity index (χ2n) is 12.2. The first kappa shape index (κ1) is 28.3. The van der Waals surface area contributed by atoms with Gasteiger partial charge in [-0.15, -0.1) is 11.3 Å². The molecule has 226 valence electrons. The summed E-state index contributed by atoms with van der Waals surface area (Å²) in [6, 6.07) is 68.2. The first-order valence-corrected chi connectivity index (χ1v) is 17.2. The van der Waals surface area contributed by atoms with Crippen molar-refractivity contribution in [2.45, 2.75) is 0 Å². The Morgan fingerprint density at radius 1 is 0.354 bits per heavy atom. The van der Waals surface area contributed by atoms with Crippen LogP contribution in [0.2, 0.25) is 0 Å². The number of fused-ring (bicyclic) bond motifs is 4. The second-order valence-corrected chi connectivity index (χ2v) is 13.2. The predicted octanol–water partition coefficient (Wildman–Crippen LogP) is 13.7. The molecule has 0 atom stereocenters. The lowest BCUT2D eigenvalue weighted by Crippen LogP contribution is -2.11.